The molecule has 9 heteroatoms. The Morgan fingerprint density at radius 2 is 1.67 bits per heavy atom. The van der Waals surface area contributed by atoms with Crippen LogP contribution in [0.5, 0.6) is 11.8 Å². The van der Waals surface area contributed by atoms with Gasteiger partial charge in [0.2, 0.25) is 11.8 Å². The molecule has 2 fully saturated rings. The number of aromatic hydroxyl groups is 2. The highest BCUT2D eigenvalue weighted by atomic mass is 16.7. The molecule has 0 bridgehead atoms. The molecule has 30 heavy (non-hydrogen) atoms. The second-order valence-corrected chi connectivity index (χ2v) is 7.67. The molecule has 0 spiro atoms. The first kappa shape index (κ1) is 20.4. The Labute approximate surface area is 175 Å². The predicted molar refractivity (Wildman–Crippen MR) is 111 cm³/mol. The lowest BCUT2D eigenvalue weighted by Crippen LogP contribution is -2.50. The molecule has 0 radical (unpaired) electrons. The first-order valence-corrected chi connectivity index (χ1v) is 10.2. The molecule has 2 N–H and O–H groups in total. The molecular formula is C21H28N4O5. The molecule has 2 aliphatic rings. The monoisotopic (exact) mass is 416 g/mol. The summed E-state index contributed by atoms with van der Waals surface area (Å²) in [7, 11) is 0. The molecular weight excluding hydrogens is 388 g/mol. The van der Waals surface area contributed by atoms with Crippen LogP contribution >= 0.6 is 0 Å². The van der Waals surface area contributed by atoms with Crippen LogP contribution in [0.3, 0.4) is 0 Å². The summed E-state index contributed by atoms with van der Waals surface area (Å²) in [6, 6.07) is 9.13. The molecule has 0 atom stereocenters. The SMILES string of the molecule is Cc1cc(N2CCOCC2)ccc1CN1CCN(C(=O)On2c(O)ccc2O)CC1. The lowest BCUT2D eigenvalue weighted by atomic mass is 10.1. The predicted octanol–water partition coefficient (Wildman–Crippen LogP) is 1.41. The number of anilines is 1. The number of amides is 1. The third kappa shape index (κ3) is 4.47. The van der Waals surface area contributed by atoms with Gasteiger partial charge in [0.15, 0.2) is 0 Å². The number of piperazine rings is 1. The zero-order valence-corrected chi connectivity index (χ0v) is 17.2. The minimum absolute atomic E-state index is 0.324. The average Bonchev–Trinajstić information content (AvgIpc) is 3.08. The summed E-state index contributed by atoms with van der Waals surface area (Å²) in [5.74, 6) is -0.647. The molecule has 162 valence electrons. The van der Waals surface area contributed by atoms with Gasteiger partial charge in [-0.05, 0) is 30.2 Å². The number of rotatable bonds is 4. The zero-order chi connectivity index (χ0) is 21.1. The second kappa shape index (κ2) is 8.85. The number of morpholine rings is 1. The van der Waals surface area contributed by atoms with Gasteiger partial charge in [-0.2, -0.15) is 0 Å². The highest BCUT2D eigenvalue weighted by molar-refractivity contribution is 5.68. The third-order valence-corrected chi connectivity index (χ3v) is 5.69. The highest BCUT2D eigenvalue weighted by Crippen LogP contribution is 2.22. The van der Waals surface area contributed by atoms with Crippen molar-refractivity contribution in [3.63, 3.8) is 0 Å². The maximum atomic E-state index is 12.3. The minimum Gasteiger partial charge on any atom is -0.492 e. The fraction of sp³-hybridized carbons (Fsp3) is 0.476. The van der Waals surface area contributed by atoms with Gasteiger partial charge < -0.3 is 29.6 Å². The first-order valence-electron chi connectivity index (χ1n) is 10.2. The van der Waals surface area contributed by atoms with E-state index in [0.717, 1.165) is 45.9 Å². The lowest BCUT2D eigenvalue weighted by molar-refractivity contribution is 0.0555. The molecule has 1 aromatic heterocycles. The Hall–Kier alpha value is -2.91. The molecule has 2 aromatic rings. The van der Waals surface area contributed by atoms with Gasteiger partial charge in [-0.15, -0.1) is 4.73 Å². The molecule has 2 saturated heterocycles. The van der Waals surface area contributed by atoms with Crippen molar-refractivity contribution in [3.8, 4) is 11.8 Å². The van der Waals surface area contributed by atoms with Gasteiger partial charge in [-0.3, -0.25) is 4.90 Å². The molecule has 0 aliphatic carbocycles. The van der Waals surface area contributed by atoms with E-state index in [1.807, 2.05) is 0 Å². The van der Waals surface area contributed by atoms with Gasteiger partial charge >= 0.3 is 6.09 Å². The Kier molecular flexibility index (Phi) is 6.01. The number of ether oxygens (including phenoxy) is 1. The van der Waals surface area contributed by atoms with E-state index in [1.165, 1.54) is 28.9 Å². The average molecular weight is 416 g/mol. The van der Waals surface area contributed by atoms with Gasteiger partial charge in [0.1, 0.15) is 0 Å². The number of aryl methyl sites for hydroxylation is 1. The molecule has 9 nitrogen and oxygen atoms in total. The molecule has 3 heterocycles. The van der Waals surface area contributed by atoms with Crippen molar-refractivity contribution in [1.29, 1.82) is 0 Å². The second-order valence-electron chi connectivity index (χ2n) is 7.67. The highest BCUT2D eigenvalue weighted by Gasteiger charge is 2.24. The van der Waals surface area contributed by atoms with Crippen molar-refractivity contribution in [2.75, 3.05) is 57.4 Å². The van der Waals surface area contributed by atoms with Crippen LogP contribution < -0.4 is 9.74 Å². The van der Waals surface area contributed by atoms with Crippen LogP contribution in [0.1, 0.15) is 11.1 Å². The number of carbonyl (C=O) groups excluding carboxylic acids is 1. The maximum Gasteiger partial charge on any atom is 0.434 e. The summed E-state index contributed by atoms with van der Waals surface area (Å²) in [6.07, 6.45) is -0.595. The van der Waals surface area contributed by atoms with Crippen LogP contribution in [-0.2, 0) is 11.3 Å². The normalized spacial score (nSPS) is 17.9. The smallest absolute Gasteiger partial charge is 0.434 e. The van der Waals surface area contributed by atoms with Gasteiger partial charge in [0.25, 0.3) is 0 Å². The van der Waals surface area contributed by atoms with Crippen LogP contribution in [0.15, 0.2) is 30.3 Å². The summed E-state index contributed by atoms with van der Waals surface area (Å²) in [5.41, 5.74) is 3.79. The lowest BCUT2D eigenvalue weighted by Gasteiger charge is -2.34. The largest absolute Gasteiger partial charge is 0.492 e. The van der Waals surface area contributed by atoms with E-state index in [-0.39, 0.29) is 11.8 Å². The Morgan fingerprint density at radius 1 is 1.00 bits per heavy atom. The van der Waals surface area contributed by atoms with Crippen LogP contribution in [0.2, 0.25) is 0 Å². The number of carbonyl (C=O) groups is 1. The number of benzene rings is 1. The summed E-state index contributed by atoms with van der Waals surface area (Å²) in [6.45, 7) is 8.87. The van der Waals surface area contributed by atoms with Crippen molar-refractivity contribution in [3.05, 3.63) is 41.5 Å². The zero-order valence-electron chi connectivity index (χ0n) is 17.2. The van der Waals surface area contributed by atoms with Gasteiger partial charge in [0, 0.05) is 63.6 Å². The standard InChI is InChI=1S/C21H28N4O5/c1-16-14-18(23-10-12-29-13-11-23)3-2-17(16)15-22-6-8-24(9-7-22)21(28)30-25-19(26)4-5-20(25)27/h2-5,14,26-27H,6-13,15H2,1H3. The van der Waals surface area contributed by atoms with E-state index in [4.69, 9.17) is 9.57 Å². The van der Waals surface area contributed by atoms with Crippen molar-refractivity contribution < 1.29 is 24.6 Å². The van der Waals surface area contributed by atoms with E-state index in [9.17, 15) is 15.0 Å². The Morgan fingerprint density at radius 3 is 2.30 bits per heavy atom. The molecule has 1 amide bonds. The fourth-order valence-corrected chi connectivity index (χ4v) is 3.84. The van der Waals surface area contributed by atoms with Gasteiger partial charge in [-0.1, -0.05) is 6.07 Å². The van der Waals surface area contributed by atoms with Gasteiger partial charge in [0.05, 0.1) is 13.2 Å². The van der Waals surface area contributed by atoms with E-state index in [0.29, 0.717) is 17.8 Å². The first-order chi connectivity index (χ1) is 14.5. The van der Waals surface area contributed by atoms with Crippen molar-refractivity contribution in [1.82, 2.24) is 14.5 Å². The Bertz CT molecular complexity index is 866. The van der Waals surface area contributed by atoms with E-state index in [1.54, 1.807) is 4.90 Å². The van der Waals surface area contributed by atoms with Crippen molar-refractivity contribution in [2.45, 2.75) is 13.5 Å². The molecule has 1 aromatic carbocycles. The molecule has 0 unspecified atom stereocenters. The van der Waals surface area contributed by atoms with Crippen LogP contribution in [0, 0.1) is 6.92 Å². The quantitative estimate of drug-likeness (QED) is 0.779. The molecule has 4 rings (SSSR count). The van der Waals surface area contributed by atoms with Crippen LogP contribution in [-0.4, -0.2) is 83.3 Å². The molecule has 2 aliphatic heterocycles. The number of hydrogen-bond acceptors (Lipinski definition) is 7. The maximum absolute atomic E-state index is 12.3. The Balaban J connectivity index is 1.30. The summed E-state index contributed by atoms with van der Waals surface area (Å²) >= 11 is 0. The van der Waals surface area contributed by atoms with Crippen molar-refractivity contribution in [2.24, 2.45) is 0 Å². The van der Waals surface area contributed by atoms with E-state index < -0.39 is 6.09 Å². The summed E-state index contributed by atoms with van der Waals surface area (Å²) < 4.78 is 6.15. The van der Waals surface area contributed by atoms with Crippen LogP contribution in [0.25, 0.3) is 0 Å². The third-order valence-electron chi connectivity index (χ3n) is 5.69. The molecule has 0 saturated carbocycles. The minimum atomic E-state index is -0.595. The topological polar surface area (TPSA) is 90.6 Å². The summed E-state index contributed by atoms with van der Waals surface area (Å²) in [4.78, 5) is 23.6. The number of hydrogen-bond donors (Lipinski definition) is 2. The van der Waals surface area contributed by atoms with Gasteiger partial charge in [-0.25, -0.2) is 4.79 Å². The number of aromatic nitrogens is 1. The summed E-state index contributed by atoms with van der Waals surface area (Å²) in [5, 5.41) is 19.2. The van der Waals surface area contributed by atoms with Crippen LogP contribution in [0.4, 0.5) is 10.5 Å². The van der Waals surface area contributed by atoms with Crippen molar-refractivity contribution >= 4 is 11.8 Å². The van der Waals surface area contributed by atoms with E-state index >= 15 is 0 Å². The fourth-order valence-electron chi connectivity index (χ4n) is 3.84. The number of nitrogens with zero attached hydrogens (tertiary/aromatic N) is 4. The van der Waals surface area contributed by atoms with E-state index in [2.05, 4.69) is 34.9 Å².